The van der Waals surface area contributed by atoms with E-state index in [-0.39, 0.29) is 0 Å². The Kier molecular flexibility index (Phi) is 11.9. The largest absolute Gasteiger partial charge is 0.257 e. The summed E-state index contributed by atoms with van der Waals surface area (Å²) in [5, 5.41) is 2.69. The van der Waals surface area contributed by atoms with Crippen molar-refractivity contribution in [3.63, 3.8) is 0 Å². The molecule has 1 unspecified atom stereocenters. The predicted molar refractivity (Wildman–Crippen MR) is 126 cm³/mol. The van der Waals surface area contributed by atoms with Gasteiger partial charge in [-0.3, -0.25) is 4.98 Å². The molecule has 0 fully saturated rings. The van der Waals surface area contributed by atoms with Crippen LogP contribution in [0.5, 0.6) is 0 Å². The van der Waals surface area contributed by atoms with Crippen LogP contribution in [-0.4, -0.2) is 4.98 Å². The van der Waals surface area contributed by atoms with Crippen molar-refractivity contribution in [1.82, 2.24) is 4.98 Å². The summed E-state index contributed by atoms with van der Waals surface area (Å²) >= 11 is 0. The number of aromatic nitrogens is 1. The maximum absolute atomic E-state index is 4.60. The van der Waals surface area contributed by atoms with Gasteiger partial charge in [0, 0.05) is 6.20 Å². The number of benzene rings is 1. The van der Waals surface area contributed by atoms with Crippen molar-refractivity contribution in [2.24, 2.45) is 11.8 Å². The molecule has 1 heterocycles. The summed E-state index contributed by atoms with van der Waals surface area (Å²) in [6, 6.07) is 14.9. The molecule has 0 amide bonds. The molecule has 1 aromatic carbocycles. The number of rotatable bonds is 5. The SMILES string of the molecule is CC.CCC(C)C.CCC=CCC1CC=c2ccccc2=C1c1ccccn1. The minimum absolute atomic E-state index is 0.526. The lowest BCUT2D eigenvalue weighted by molar-refractivity contribution is 0.626. The molecule has 1 aliphatic rings. The first-order chi connectivity index (χ1) is 13.7. The van der Waals surface area contributed by atoms with Crippen molar-refractivity contribution in [3.8, 4) is 0 Å². The van der Waals surface area contributed by atoms with Gasteiger partial charge in [0.2, 0.25) is 0 Å². The minimum atomic E-state index is 0.526. The standard InChI is InChI=1S/C20H21N.C5H12.C2H6/c1-2-3-4-10-17-14-13-16-9-5-6-11-18(16)20(17)19-12-7-8-15-21-19;1-4-5(2)3;1-2/h3-9,11-13,15,17H,2,10,14H2,1H3;5H,4H2,1-3H3;1-2H3. The first kappa shape index (κ1) is 23.9. The Bertz CT molecular complexity index is 800. The fourth-order valence-electron chi connectivity index (χ4n) is 3.04. The van der Waals surface area contributed by atoms with Gasteiger partial charge in [0.25, 0.3) is 0 Å². The molecule has 3 rings (SSSR count). The van der Waals surface area contributed by atoms with E-state index in [4.69, 9.17) is 0 Å². The van der Waals surface area contributed by atoms with Crippen LogP contribution in [0.3, 0.4) is 0 Å². The van der Waals surface area contributed by atoms with Crippen molar-refractivity contribution in [2.45, 2.75) is 67.2 Å². The molecule has 0 N–H and O–H groups in total. The molecular weight excluding hydrogens is 338 g/mol. The van der Waals surface area contributed by atoms with Crippen molar-refractivity contribution in [2.75, 3.05) is 0 Å². The number of hydrogen-bond donors (Lipinski definition) is 0. The molecule has 0 spiro atoms. The van der Waals surface area contributed by atoms with Crippen LogP contribution in [0.2, 0.25) is 0 Å². The molecule has 0 saturated heterocycles. The smallest absolute Gasteiger partial charge is 0.0670 e. The van der Waals surface area contributed by atoms with Crippen LogP contribution in [0, 0.1) is 11.8 Å². The fraction of sp³-hybridized carbons (Fsp3) is 0.444. The third-order valence-corrected chi connectivity index (χ3v) is 4.86. The quantitative estimate of drug-likeness (QED) is 0.541. The molecule has 28 heavy (non-hydrogen) atoms. The van der Waals surface area contributed by atoms with E-state index >= 15 is 0 Å². The molecule has 1 nitrogen and oxygen atoms in total. The molecule has 0 bridgehead atoms. The number of hydrogen-bond acceptors (Lipinski definition) is 1. The number of allylic oxidation sites excluding steroid dienone is 2. The van der Waals surface area contributed by atoms with Crippen LogP contribution in [0.1, 0.15) is 72.9 Å². The van der Waals surface area contributed by atoms with E-state index in [1.54, 1.807) is 0 Å². The highest BCUT2D eigenvalue weighted by molar-refractivity contribution is 5.67. The molecular formula is C27H39N. The van der Waals surface area contributed by atoms with Gasteiger partial charge in [0.05, 0.1) is 5.69 Å². The van der Waals surface area contributed by atoms with Gasteiger partial charge in [-0.2, -0.15) is 0 Å². The molecule has 0 aliphatic heterocycles. The van der Waals surface area contributed by atoms with E-state index in [9.17, 15) is 0 Å². The highest BCUT2D eigenvalue weighted by Crippen LogP contribution is 2.27. The molecule has 1 aromatic heterocycles. The summed E-state index contributed by atoms with van der Waals surface area (Å²) in [7, 11) is 0. The zero-order chi connectivity index (χ0) is 20.8. The van der Waals surface area contributed by atoms with Crippen LogP contribution in [0.15, 0.2) is 60.8 Å². The third kappa shape index (κ3) is 7.46. The second-order valence-electron chi connectivity index (χ2n) is 7.27. The van der Waals surface area contributed by atoms with Crippen molar-refractivity contribution < 1.29 is 0 Å². The van der Waals surface area contributed by atoms with Gasteiger partial charge < -0.3 is 0 Å². The Morgan fingerprint density at radius 2 is 1.68 bits per heavy atom. The Balaban J connectivity index is 0.000000490. The molecule has 0 saturated carbocycles. The minimum Gasteiger partial charge on any atom is -0.257 e. The lowest BCUT2D eigenvalue weighted by atomic mass is 9.84. The zero-order valence-corrected chi connectivity index (χ0v) is 18.8. The lowest BCUT2D eigenvalue weighted by Crippen LogP contribution is -2.33. The average molecular weight is 378 g/mol. The maximum atomic E-state index is 4.60. The van der Waals surface area contributed by atoms with E-state index < -0.39 is 0 Å². The average Bonchev–Trinajstić information content (AvgIpc) is 2.76. The molecule has 2 aromatic rings. The summed E-state index contributed by atoms with van der Waals surface area (Å²) in [6.45, 7) is 12.8. The highest BCUT2D eigenvalue weighted by Gasteiger charge is 2.18. The van der Waals surface area contributed by atoms with Crippen molar-refractivity contribution in [3.05, 3.63) is 76.9 Å². The van der Waals surface area contributed by atoms with E-state index in [1.807, 2.05) is 26.1 Å². The summed E-state index contributed by atoms with van der Waals surface area (Å²) in [4.78, 5) is 4.60. The van der Waals surface area contributed by atoms with Crippen LogP contribution >= 0.6 is 0 Å². The molecule has 0 radical (unpaired) electrons. The van der Waals surface area contributed by atoms with Crippen LogP contribution in [-0.2, 0) is 0 Å². The first-order valence-electron chi connectivity index (χ1n) is 11.0. The third-order valence-electron chi connectivity index (χ3n) is 4.86. The summed E-state index contributed by atoms with van der Waals surface area (Å²) in [5.74, 6) is 1.41. The van der Waals surface area contributed by atoms with E-state index in [1.165, 1.54) is 22.4 Å². The molecule has 1 aliphatic carbocycles. The molecule has 152 valence electrons. The highest BCUT2D eigenvalue weighted by atomic mass is 14.7. The number of fused-ring (bicyclic) bond motifs is 1. The maximum Gasteiger partial charge on any atom is 0.0670 e. The van der Waals surface area contributed by atoms with Gasteiger partial charge in [0.15, 0.2) is 0 Å². The van der Waals surface area contributed by atoms with Crippen molar-refractivity contribution >= 4 is 11.6 Å². The van der Waals surface area contributed by atoms with Gasteiger partial charge in [-0.1, -0.05) is 96.5 Å². The topological polar surface area (TPSA) is 12.9 Å². The summed E-state index contributed by atoms with van der Waals surface area (Å²) in [6.07, 6.45) is 13.4. The number of nitrogens with zero attached hydrogens (tertiary/aromatic N) is 1. The Hall–Kier alpha value is -2.15. The Morgan fingerprint density at radius 3 is 2.29 bits per heavy atom. The number of pyridine rings is 1. The monoisotopic (exact) mass is 377 g/mol. The van der Waals surface area contributed by atoms with Gasteiger partial charge in [0.1, 0.15) is 0 Å². The van der Waals surface area contributed by atoms with E-state index in [0.29, 0.717) is 5.92 Å². The van der Waals surface area contributed by atoms with Gasteiger partial charge >= 0.3 is 0 Å². The lowest BCUT2D eigenvalue weighted by Gasteiger charge is -2.21. The van der Waals surface area contributed by atoms with Crippen LogP contribution < -0.4 is 10.4 Å². The molecule has 1 atom stereocenters. The second kappa shape index (κ2) is 13.9. The van der Waals surface area contributed by atoms with Gasteiger partial charge in [-0.25, -0.2) is 0 Å². The van der Waals surface area contributed by atoms with Crippen molar-refractivity contribution in [1.29, 1.82) is 0 Å². The fourth-order valence-corrected chi connectivity index (χ4v) is 3.04. The first-order valence-corrected chi connectivity index (χ1v) is 11.0. The summed E-state index contributed by atoms with van der Waals surface area (Å²) < 4.78 is 0. The van der Waals surface area contributed by atoms with Gasteiger partial charge in [-0.15, -0.1) is 0 Å². The predicted octanol–water partition coefficient (Wildman–Crippen LogP) is 6.52. The molecule has 1 heteroatoms. The van der Waals surface area contributed by atoms with Gasteiger partial charge in [-0.05, 0) is 59.2 Å². The normalized spacial score (nSPS) is 15.1. The summed E-state index contributed by atoms with van der Waals surface area (Å²) in [5.41, 5.74) is 2.52. The van der Waals surface area contributed by atoms with Crippen LogP contribution in [0.4, 0.5) is 0 Å². The zero-order valence-electron chi connectivity index (χ0n) is 18.8. The second-order valence-corrected chi connectivity index (χ2v) is 7.27. The Morgan fingerprint density at radius 1 is 1.00 bits per heavy atom. The van der Waals surface area contributed by atoms with Crippen LogP contribution in [0.25, 0.3) is 11.6 Å². The van der Waals surface area contributed by atoms with E-state index in [2.05, 4.69) is 87.3 Å². The van der Waals surface area contributed by atoms with E-state index in [0.717, 1.165) is 30.9 Å². The Labute approximate surface area is 172 Å².